The highest BCUT2D eigenvalue weighted by Crippen LogP contribution is 2.29. The largest absolute Gasteiger partial charge is 0.490 e. The van der Waals surface area contributed by atoms with Crippen molar-refractivity contribution in [2.45, 2.75) is 18.9 Å². The van der Waals surface area contributed by atoms with Crippen LogP contribution in [-0.2, 0) is 7.05 Å². The van der Waals surface area contributed by atoms with Crippen LogP contribution in [0.4, 0.5) is 5.13 Å². The number of ether oxygens (including phenoxy) is 1. The van der Waals surface area contributed by atoms with E-state index in [1.807, 2.05) is 11.6 Å². The van der Waals surface area contributed by atoms with Gasteiger partial charge in [-0.2, -0.15) is 0 Å². The molecule has 1 fully saturated rings. The summed E-state index contributed by atoms with van der Waals surface area (Å²) in [4.78, 5) is 6.75. The van der Waals surface area contributed by atoms with Crippen LogP contribution in [0.3, 0.4) is 0 Å². The molecular weight excluding hydrogens is 294 g/mol. The van der Waals surface area contributed by atoms with Crippen LogP contribution in [0.15, 0.2) is 42.0 Å². The normalized spacial score (nSPS) is 16.3. The fraction of sp³-hybridized carbons (Fsp3) is 0.353. The third kappa shape index (κ3) is 2.46. The van der Waals surface area contributed by atoms with Gasteiger partial charge in [-0.1, -0.05) is 6.07 Å². The van der Waals surface area contributed by atoms with E-state index in [4.69, 9.17) is 4.74 Å². The van der Waals surface area contributed by atoms with Crippen molar-refractivity contribution in [1.29, 1.82) is 0 Å². The molecule has 0 N–H and O–H groups in total. The van der Waals surface area contributed by atoms with Crippen LogP contribution < -0.4 is 9.64 Å². The van der Waals surface area contributed by atoms with Crippen LogP contribution in [0.5, 0.6) is 5.75 Å². The summed E-state index contributed by atoms with van der Waals surface area (Å²) in [6.07, 6.45) is 6.34. The average Bonchev–Trinajstić information content (AvgIpc) is 3.19. The Kier molecular flexibility index (Phi) is 3.50. The van der Waals surface area contributed by atoms with E-state index >= 15 is 0 Å². The maximum absolute atomic E-state index is 6.29. The SMILES string of the molecule is Cn1ccc2c(OC3CCN(c4nccs4)CC3)cccc21. The fourth-order valence-corrected chi connectivity index (χ4v) is 3.79. The van der Waals surface area contributed by atoms with Gasteiger partial charge in [0, 0.05) is 56.1 Å². The molecule has 5 heteroatoms. The number of hydrogen-bond acceptors (Lipinski definition) is 4. The van der Waals surface area contributed by atoms with Gasteiger partial charge in [0.1, 0.15) is 11.9 Å². The second kappa shape index (κ2) is 5.65. The maximum Gasteiger partial charge on any atom is 0.185 e. The molecule has 0 bridgehead atoms. The Hall–Kier alpha value is -2.01. The first-order valence-electron chi connectivity index (χ1n) is 7.66. The van der Waals surface area contributed by atoms with Gasteiger partial charge in [-0.05, 0) is 18.2 Å². The number of benzene rings is 1. The van der Waals surface area contributed by atoms with Gasteiger partial charge in [0.25, 0.3) is 0 Å². The summed E-state index contributed by atoms with van der Waals surface area (Å²) in [7, 11) is 2.07. The zero-order chi connectivity index (χ0) is 14.9. The first-order chi connectivity index (χ1) is 10.8. The van der Waals surface area contributed by atoms with Crippen LogP contribution in [-0.4, -0.2) is 28.7 Å². The quantitative estimate of drug-likeness (QED) is 0.739. The fourth-order valence-electron chi connectivity index (χ4n) is 3.09. The Labute approximate surface area is 134 Å². The molecule has 1 aromatic carbocycles. The van der Waals surface area contributed by atoms with Gasteiger partial charge in [0.2, 0.25) is 0 Å². The molecule has 0 saturated carbocycles. The van der Waals surface area contributed by atoms with Crippen LogP contribution in [0.2, 0.25) is 0 Å². The van der Waals surface area contributed by atoms with Gasteiger partial charge in [-0.3, -0.25) is 0 Å². The van der Waals surface area contributed by atoms with Crippen molar-refractivity contribution in [2.24, 2.45) is 7.05 Å². The van der Waals surface area contributed by atoms with E-state index in [1.165, 1.54) is 10.9 Å². The van der Waals surface area contributed by atoms with Gasteiger partial charge in [-0.25, -0.2) is 4.98 Å². The zero-order valence-electron chi connectivity index (χ0n) is 12.6. The number of hydrogen-bond donors (Lipinski definition) is 0. The summed E-state index contributed by atoms with van der Waals surface area (Å²) >= 11 is 1.71. The second-order valence-corrected chi connectivity index (χ2v) is 6.61. The number of anilines is 1. The minimum atomic E-state index is 0.294. The van der Waals surface area contributed by atoms with Crippen LogP contribution >= 0.6 is 11.3 Å². The average molecular weight is 313 g/mol. The molecule has 4 rings (SSSR count). The Morgan fingerprint density at radius 1 is 1.23 bits per heavy atom. The molecule has 1 aliphatic rings. The molecule has 3 aromatic rings. The summed E-state index contributed by atoms with van der Waals surface area (Å²) in [6, 6.07) is 8.42. The van der Waals surface area contributed by atoms with E-state index < -0.39 is 0 Å². The van der Waals surface area contributed by atoms with E-state index in [1.54, 1.807) is 11.3 Å². The lowest BCUT2D eigenvalue weighted by Gasteiger charge is -2.32. The molecule has 22 heavy (non-hydrogen) atoms. The first kappa shape index (κ1) is 13.6. The van der Waals surface area contributed by atoms with Gasteiger partial charge < -0.3 is 14.2 Å². The number of rotatable bonds is 3. The standard InChI is InChI=1S/C17H19N3OS/c1-19-9-7-14-15(19)3-2-4-16(14)21-13-5-10-20(11-6-13)17-18-8-12-22-17/h2-4,7-9,12-13H,5-6,10-11H2,1H3. The second-order valence-electron chi connectivity index (χ2n) is 5.73. The predicted molar refractivity (Wildman–Crippen MR) is 90.9 cm³/mol. The number of thiazole rings is 1. The highest BCUT2D eigenvalue weighted by atomic mass is 32.1. The highest BCUT2D eigenvalue weighted by Gasteiger charge is 2.22. The van der Waals surface area contributed by atoms with E-state index in [0.717, 1.165) is 36.8 Å². The molecular formula is C17H19N3OS. The van der Waals surface area contributed by atoms with Crippen molar-refractivity contribution < 1.29 is 4.74 Å². The van der Waals surface area contributed by atoms with Gasteiger partial charge >= 0.3 is 0 Å². The van der Waals surface area contributed by atoms with Crippen LogP contribution in [0.1, 0.15) is 12.8 Å². The lowest BCUT2D eigenvalue weighted by atomic mass is 10.1. The highest BCUT2D eigenvalue weighted by molar-refractivity contribution is 7.13. The number of aryl methyl sites for hydroxylation is 1. The molecule has 114 valence electrons. The van der Waals surface area contributed by atoms with E-state index in [2.05, 4.69) is 52.0 Å². The molecule has 0 atom stereocenters. The predicted octanol–water partition coefficient (Wildman–Crippen LogP) is 3.68. The van der Waals surface area contributed by atoms with Crippen molar-refractivity contribution in [3.63, 3.8) is 0 Å². The number of nitrogens with zero attached hydrogens (tertiary/aromatic N) is 3. The summed E-state index contributed by atoms with van der Waals surface area (Å²) in [5.41, 5.74) is 1.22. The molecule has 1 saturated heterocycles. The van der Waals surface area contributed by atoms with E-state index in [-0.39, 0.29) is 0 Å². The van der Waals surface area contributed by atoms with Crippen molar-refractivity contribution in [3.05, 3.63) is 42.0 Å². The van der Waals surface area contributed by atoms with Gasteiger partial charge in [0.15, 0.2) is 5.13 Å². The topological polar surface area (TPSA) is 30.3 Å². The Morgan fingerprint density at radius 2 is 2.09 bits per heavy atom. The van der Waals surface area contributed by atoms with E-state index in [9.17, 15) is 0 Å². The summed E-state index contributed by atoms with van der Waals surface area (Å²) in [5, 5.41) is 4.37. The van der Waals surface area contributed by atoms with Crippen LogP contribution in [0, 0.1) is 0 Å². The van der Waals surface area contributed by atoms with Gasteiger partial charge in [0.05, 0.1) is 5.52 Å². The third-order valence-corrected chi connectivity index (χ3v) is 5.15. The minimum Gasteiger partial charge on any atom is -0.490 e. The minimum absolute atomic E-state index is 0.294. The molecule has 4 nitrogen and oxygen atoms in total. The lowest BCUT2D eigenvalue weighted by Crippen LogP contribution is -2.38. The first-order valence-corrected chi connectivity index (χ1v) is 8.54. The van der Waals surface area contributed by atoms with E-state index in [0.29, 0.717) is 6.10 Å². The summed E-state index contributed by atoms with van der Waals surface area (Å²) in [5.74, 6) is 1.01. The van der Waals surface area contributed by atoms with Crippen molar-refractivity contribution in [1.82, 2.24) is 9.55 Å². The van der Waals surface area contributed by atoms with Crippen LogP contribution in [0.25, 0.3) is 10.9 Å². The molecule has 0 aliphatic carbocycles. The number of aromatic nitrogens is 2. The zero-order valence-corrected chi connectivity index (χ0v) is 13.4. The molecule has 0 radical (unpaired) electrons. The number of fused-ring (bicyclic) bond motifs is 1. The summed E-state index contributed by atoms with van der Waals surface area (Å²) < 4.78 is 8.42. The third-order valence-electron chi connectivity index (χ3n) is 4.31. The van der Waals surface area contributed by atoms with Crippen molar-refractivity contribution in [2.75, 3.05) is 18.0 Å². The number of piperidine rings is 1. The monoisotopic (exact) mass is 313 g/mol. The molecule has 1 aliphatic heterocycles. The Bertz CT molecular complexity index is 757. The van der Waals surface area contributed by atoms with Crippen molar-refractivity contribution in [3.8, 4) is 5.75 Å². The van der Waals surface area contributed by atoms with Gasteiger partial charge in [-0.15, -0.1) is 11.3 Å². The molecule has 0 unspecified atom stereocenters. The van der Waals surface area contributed by atoms with Crippen molar-refractivity contribution >= 4 is 27.4 Å². The molecule has 0 amide bonds. The summed E-state index contributed by atoms with van der Waals surface area (Å²) in [6.45, 7) is 2.03. The molecule has 2 aromatic heterocycles. The smallest absolute Gasteiger partial charge is 0.185 e. The maximum atomic E-state index is 6.29. The Morgan fingerprint density at radius 3 is 2.86 bits per heavy atom. The lowest BCUT2D eigenvalue weighted by molar-refractivity contribution is 0.173. The molecule has 3 heterocycles. The molecule has 0 spiro atoms. The Balaban J connectivity index is 1.46.